The number of rotatable bonds is 3. The number of hydrogen-bond acceptors (Lipinski definition) is 2. The molecular formula is C13H18BrNO. The van der Waals surface area contributed by atoms with Crippen molar-refractivity contribution in [2.45, 2.75) is 25.3 Å². The van der Waals surface area contributed by atoms with E-state index in [0.29, 0.717) is 5.92 Å². The summed E-state index contributed by atoms with van der Waals surface area (Å²) in [5.74, 6) is 0.621. The zero-order chi connectivity index (χ0) is 11.6. The van der Waals surface area contributed by atoms with Crippen molar-refractivity contribution < 1.29 is 5.11 Å². The average molecular weight is 284 g/mol. The topological polar surface area (TPSA) is 32.3 Å². The van der Waals surface area contributed by atoms with Crippen LogP contribution in [0.25, 0.3) is 0 Å². The Labute approximate surface area is 105 Å². The summed E-state index contributed by atoms with van der Waals surface area (Å²) < 4.78 is 1.19. The Balaban J connectivity index is 2.00. The summed E-state index contributed by atoms with van der Waals surface area (Å²) >= 11 is 3.58. The molecule has 0 bridgehead atoms. The van der Waals surface area contributed by atoms with Crippen molar-refractivity contribution in [1.29, 1.82) is 0 Å². The predicted molar refractivity (Wildman–Crippen MR) is 69.4 cm³/mol. The number of nitrogens with one attached hydrogen (secondary N) is 1. The highest BCUT2D eigenvalue weighted by Gasteiger charge is 2.33. The van der Waals surface area contributed by atoms with Gasteiger partial charge in [0.15, 0.2) is 0 Å². The Hall–Kier alpha value is -0.380. The number of halogens is 1. The van der Waals surface area contributed by atoms with Crippen LogP contribution < -0.4 is 5.32 Å². The van der Waals surface area contributed by atoms with Crippen LogP contribution in [0.1, 0.15) is 18.9 Å². The molecule has 0 radical (unpaired) electrons. The fourth-order valence-electron chi connectivity index (χ4n) is 2.41. The molecule has 1 fully saturated rings. The van der Waals surface area contributed by atoms with E-state index in [1.54, 1.807) is 0 Å². The zero-order valence-corrected chi connectivity index (χ0v) is 11.1. The molecule has 0 amide bonds. The minimum absolute atomic E-state index is 0.0775. The van der Waals surface area contributed by atoms with E-state index in [2.05, 4.69) is 46.4 Å². The molecule has 2 unspecified atom stereocenters. The molecule has 0 spiro atoms. The van der Waals surface area contributed by atoms with Gasteiger partial charge in [-0.25, -0.2) is 0 Å². The van der Waals surface area contributed by atoms with E-state index in [1.807, 2.05) is 6.07 Å². The van der Waals surface area contributed by atoms with Crippen molar-refractivity contribution in [2.24, 2.45) is 5.92 Å². The number of aliphatic hydroxyl groups excluding tert-OH is 1. The molecule has 1 aliphatic heterocycles. The van der Waals surface area contributed by atoms with Crippen LogP contribution in [0.4, 0.5) is 0 Å². The van der Waals surface area contributed by atoms with Gasteiger partial charge in [-0.15, -0.1) is 0 Å². The molecule has 0 saturated carbocycles. The summed E-state index contributed by atoms with van der Waals surface area (Å²) in [6.45, 7) is 3.31. The van der Waals surface area contributed by atoms with Crippen molar-refractivity contribution in [1.82, 2.24) is 5.32 Å². The van der Waals surface area contributed by atoms with E-state index in [0.717, 1.165) is 19.4 Å². The fraction of sp³-hybridized carbons (Fsp3) is 0.538. The molecule has 3 heteroatoms. The summed E-state index contributed by atoms with van der Waals surface area (Å²) in [7, 11) is 0. The van der Waals surface area contributed by atoms with Gasteiger partial charge in [0.1, 0.15) is 0 Å². The third-order valence-corrected chi connectivity index (χ3v) is 4.15. The molecule has 1 aromatic carbocycles. The first-order valence-electron chi connectivity index (χ1n) is 5.72. The Bertz CT molecular complexity index is 369. The molecule has 16 heavy (non-hydrogen) atoms. The average Bonchev–Trinajstić information content (AvgIpc) is 2.65. The summed E-state index contributed by atoms with van der Waals surface area (Å²) in [6.07, 6.45) is 2.12. The largest absolute Gasteiger partial charge is 0.394 e. The zero-order valence-electron chi connectivity index (χ0n) is 9.54. The molecular weight excluding hydrogens is 266 g/mol. The van der Waals surface area contributed by atoms with Crippen molar-refractivity contribution >= 4 is 15.9 Å². The second-order valence-electron chi connectivity index (χ2n) is 4.97. The Morgan fingerprint density at radius 2 is 2.25 bits per heavy atom. The molecule has 1 saturated heterocycles. The minimum atomic E-state index is -0.0775. The van der Waals surface area contributed by atoms with E-state index in [1.165, 1.54) is 10.0 Å². The maximum atomic E-state index is 9.29. The van der Waals surface area contributed by atoms with E-state index in [-0.39, 0.29) is 12.1 Å². The Morgan fingerprint density at radius 1 is 1.50 bits per heavy atom. The van der Waals surface area contributed by atoms with Crippen LogP contribution >= 0.6 is 15.9 Å². The highest BCUT2D eigenvalue weighted by Crippen LogP contribution is 2.28. The highest BCUT2D eigenvalue weighted by molar-refractivity contribution is 9.10. The summed E-state index contributed by atoms with van der Waals surface area (Å²) in [5.41, 5.74) is 1.28. The summed E-state index contributed by atoms with van der Waals surface area (Å²) in [6, 6.07) is 8.37. The molecule has 0 aliphatic carbocycles. The molecule has 88 valence electrons. The van der Waals surface area contributed by atoms with Crippen LogP contribution in [-0.4, -0.2) is 23.8 Å². The van der Waals surface area contributed by atoms with Crippen LogP contribution in [0.2, 0.25) is 0 Å². The molecule has 2 nitrogen and oxygen atoms in total. The van der Waals surface area contributed by atoms with E-state index >= 15 is 0 Å². The minimum Gasteiger partial charge on any atom is -0.394 e. The van der Waals surface area contributed by atoms with Gasteiger partial charge in [-0.3, -0.25) is 0 Å². The lowest BCUT2D eigenvalue weighted by Crippen LogP contribution is -2.39. The number of hydrogen-bond donors (Lipinski definition) is 2. The molecule has 2 N–H and O–H groups in total. The van der Waals surface area contributed by atoms with Gasteiger partial charge in [0.2, 0.25) is 0 Å². The first kappa shape index (κ1) is 12.1. The summed E-state index contributed by atoms with van der Waals surface area (Å²) in [5, 5.41) is 12.7. The molecule has 2 atom stereocenters. The lowest BCUT2D eigenvalue weighted by molar-refractivity contribution is 0.189. The van der Waals surface area contributed by atoms with Crippen LogP contribution in [0, 0.1) is 5.92 Å². The second-order valence-corrected chi connectivity index (χ2v) is 5.82. The van der Waals surface area contributed by atoms with Gasteiger partial charge < -0.3 is 10.4 Å². The molecule has 2 rings (SSSR count). The van der Waals surface area contributed by atoms with Crippen LogP contribution in [0.3, 0.4) is 0 Å². The van der Waals surface area contributed by atoms with Crippen LogP contribution in [-0.2, 0) is 6.42 Å². The number of aliphatic hydroxyl groups is 1. The third kappa shape index (κ3) is 2.65. The third-order valence-electron chi connectivity index (χ3n) is 3.37. The first-order valence-corrected chi connectivity index (χ1v) is 6.51. The monoisotopic (exact) mass is 283 g/mol. The molecule has 1 aliphatic rings. The molecule has 0 aromatic heterocycles. The van der Waals surface area contributed by atoms with Crippen molar-refractivity contribution in [3.05, 3.63) is 34.3 Å². The number of benzene rings is 1. The fourth-order valence-corrected chi connectivity index (χ4v) is 2.86. The van der Waals surface area contributed by atoms with E-state index in [9.17, 15) is 5.11 Å². The predicted octanol–water partition coefficient (Wildman–Crippen LogP) is 2.35. The van der Waals surface area contributed by atoms with Gasteiger partial charge in [-0.2, -0.15) is 0 Å². The van der Waals surface area contributed by atoms with E-state index < -0.39 is 0 Å². The van der Waals surface area contributed by atoms with Crippen LogP contribution in [0.5, 0.6) is 0 Å². The van der Waals surface area contributed by atoms with Gasteiger partial charge >= 0.3 is 0 Å². The van der Waals surface area contributed by atoms with Crippen LogP contribution in [0.15, 0.2) is 28.7 Å². The maximum absolute atomic E-state index is 9.29. The Morgan fingerprint density at radius 3 is 2.88 bits per heavy atom. The summed E-state index contributed by atoms with van der Waals surface area (Å²) in [4.78, 5) is 0. The van der Waals surface area contributed by atoms with Gasteiger partial charge in [0.05, 0.1) is 6.61 Å². The smallest absolute Gasteiger partial charge is 0.0610 e. The normalized spacial score (nSPS) is 29.6. The molecule has 1 heterocycles. The Kier molecular flexibility index (Phi) is 3.67. The van der Waals surface area contributed by atoms with Gasteiger partial charge in [0.25, 0.3) is 0 Å². The maximum Gasteiger partial charge on any atom is 0.0610 e. The van der Waals surface area contributed by atoms with Crippen molar-refractivity contribution in [3.63, 3.8) is 0 Å². The van der Waals surface area contributed by atoms with Gasteiger partial charge in [-0.1, -0.05) is 34.1 Å². The van der Waals surface area contributed by atoms with Gasteiger partial charge in [-0.05, 0) is 43.9 Å². The lowest BCUT2D eigenvalue weighted by atomic mass is 9.91. The first-order chi connectivity index (χ1) is 7.63. The van der Waals surface area contributed by atoms with E-state index in [4.69, 9.17) is 0 Å². The van der Waals surface area contributed by atoms with Crippen molar-refractivity contribution in [2.75, 3.05) is 13.2 Å². The molecule has 1 aromatic rings. The standard InChI is InChI=1S/C13H18BrNO/c1-13(9-16)7-10(8-15-13)6-11-4-2-3-5-12(11)14/h2-5,10,15-16H,6-9H2,1H3. The lowest BCUT2D eigenvalue weighted by Gasteiger charge is -2.21. The quantitative estimate of drug-likeness (QED) is 0.893. The van der Waals surface area contributed by atoms with Gasteiger partial charge in [0, 0.05) is 10.0 Å². The van der Waals surface area contributed by atoms with Crippen molar-refractivity contribution in [3.8, 4) is 0 Å². The SMILES string of the molecule is CC1(CO)CC(Cc2ccccc2Br)CN1. The highest BCUT2D eigenvalue weighted by atomic mass is 79.9. The second kappa shape index (κ2) is 4.86.